The van der Waals surface area contributed by atoms with Crippen molar-refractivity contribution in [3.8, 4) is 11.8 Å². The van der Waals surface area contributed by atoms with Crippen molar-refractivity contribution < 1.29 is 8.78 Å². The summed E-state index contributed by atoms with van der Waals surface area (Å²) in [5, 5.41) is 0. The quantitative estimate of drug-likeness (QED) is 0.366. The number of hydrogen-bond donors (Lipinski definition) is 0. The van der Waals surface area contributed by atoms with Gasteiger partial charge >= 0.3 is 4.83 Å². The first-order valence-electron chi connectivity index (χ1n) is 5.55. The van der Waals surface area contributed by atoms with Crippen LogP contribution in [0.1, 0.15) is 52.4 Å². The van der Waals surface area contributed by atoms with Gasteiger partial charge in [-0.1, -0.05) is 51.9 Å². The van der Waals surface area contributed by atoms with E-state index in [1.54, 1.807) is 0 Å². The van der Waals surface area contributed by atoms with E-state index in [2.05, 4.69) is 28.8 Å². The maximum absolute atomic E-state index is 12.3. The molecule has 88 valence electrons. The summed E-state index contributed by atoms with van der Waals surface area (Å²) >= 11 is 2.20. The zero-order valence-electron chi connectivity index (χ0n) is 9.45. The molecule has 0 aliphatic rings. The predicted octanol–water partition coefficient (Wildman–Crippen LogP) is 4.97. The molecule has 0 N–H and O–H groups in total. The summed E-state index contributed by atoms with van der Waals surface area (Å²) in [5.41, 5.74) is 0. The van der Waals surface area contributed by atoms with Crippen LogP contribution in [0.3, 0.4) is 0 Å². The highest BCUT2D eigenvalue weighted by Gasteiger charge is 2.19. The van der Waals surface area contributed by atoms with Gasteiger partial charge in [-0.2, -0.15) is 8.78 Å². The molecule has 0 aromatic rings. The Morgan fingerprint density at radius 3 is 2.33 bits per heavy atom. The molecule has 0 saturated heterocycles. The second-order valence-electron chi connectivity index (χ2n) is 3.87. The Labute approximate surface area is 100.0 Å². The molecular weight excluding hydrogens is 262 g/mol. The van der Waals surface area contributed by atoms with Gasteiger partial charge in [0.15, 0.2) is 0 Å². The molecule has 0 bridgehead atoms. The summed E-state index contributed by atoms with van der Waals surface area (Å²) in [4.78, 5) is -3.02. The molecule has 0 heterocycles. The van der Waals surface area contributed by atoms with Crippen LogP contribution < -0.4 is 0 Å². The van der Waals surface area contributed by atoms with Gasteiger partial charge in [0.05, 0.1) is 0 Å². The van der Waals surface area contributed by atoms with Crippen molar-refractivity contribution >= 4 is 15.9 Å². The van der Waals surface area contributed by atoms with Gasteiger partial charge < -0.3 is 0 Å². The van der Waals surface area contributed by atoms with E-state index in [4.69, 9.17) is 0 Å². The van der Waals surface area contributed by atoms with Gasteiger partial charge in [-0.3, -0.25) is 0 Å². The molecule has 0 saturated carbocycles. The van der Waals surface area contributed by atoms with Crippen LogP contribution in [0.15, 0.2) is 0 Å². The van der Waals surface area contributed by atoms with Gasteiger partial charge in [-0.05, 0) is 12.3 Å². The lowest BCUT2D eigenvalue weighted by molar-refractivity contribution is 0.182. The maximum atomic E-state index is 12.3. The van der Waals surface area contributed by atoms with E-state index in [0.29, 0.717) is 0 Å². The summed E-state index contributed by atoms with van der Waals surface area (Å²) in [6.45, 7) is 4.07. The lowest BCUT2D eigenvalue weighted by Gasteiger charge is -2.04. The number of unbranched alkanes of at least 4 members (excludes halogenated alkanes) is 4. The van der Waals surface area contributed by atoms with Crippen LogP contribution in [0, 0.1) is 17.8 Å². The van der Waals surface area contributed by atoms with Gasteiger partial charge in [0.25, 0.3) is 0 Å². The Kier molecular flexibility index (Phi) is 8.04. The number of hydrogen-bond acceptors (Lipinski definition) is 0. The Morgan fingerprint density at radius 1 is 1.20 bits per heavy atom. The Balaban J connectivity index is 3.56. The molecule has 0 aliphatic heterocycles. The van der Waals surface area contributed by atoms with Gasteiger partial charge in [-0.15, -0.1) is 0 Å². The Hall–Kier alpha value is -0.100. The lowest BCUT2D eigenvalue weighted by atomic mass is 10.0. The zero-order chi connectivity index (χ0) is 11.7. The summed E-state index contributed by atoms with van der Waals surface area (Å²) in [7, 11) is 0. The second-order valence-corrected chi connectivity index (χ2v) is 4.87. The van der Waals surface area contributed by atoms with Crippen LogP contribution in [0.25, 0.3) is 0 Å². The summed E-state index contributed by atoms with van der Waals surface area (Å²) in [6, 6.07) is 0. The Morgan fingerprint density at radius 2 is 1.80 bits per heavy atom. The van der Waals surface area contributed by atoms with E-state index in [9.17, 15) is 8.78 Å². The lowest BCUT2D eigenvalue weighted by Crippen LogP contribution is -2.00. The van der Waals surface area contributed by atoms with Crippen LogP contribution in [-0.4, -0.2) is 4.83 Å². The largest absolute Gasteiger partial charge is 0.363 e. The molecular formula is C12H19BrF2. The smallest absolute Gasteiger partial charge is 0.180 e. The highest BCUT2D eigenvalue weighted by Crippen LogP contribution is 2.20. The van der Waals surface area contributed by atoms with Crippen molar-refractivity contribution in [2.45, 2.75) is 57.2 Å². The van der Waals surface area contributed by atoms with E-state index >= 15 is 0 Å². The topological polar surface area (TPSA) is 0 Å². The van der Waals surface area contributed by atoms with Crippen molar-refractivity contribution in [2.75, 3.05) is 0 Å². The van der Waals surface area contributed by atoms with Gasteiger partial charge in [0.1, 0.15) is 0 Å². The average Bonchev–Trinajstić information content (AvgIpc) is 2.13. The normalized spacial score (nSPS) is 13.1. The van der Waals surface area contributed by atoms with E-state index < -0.39 is 4.83 Å². The summed E-state index contributed by atoms with van der Waals surface area (Å²) < 4.78 is 24.6. The van der Waals surface area contributed by atoms with Crippen molar-refractivity contribution in [1.82, 2.24) is 0 Å². The zero-order valence-corrected chi connectivity index (χ0v) is 11.0. The van der Waals surface area contributed by atoms with Gasteiger partial charge in [-0.25, -0.2) is 0 Å². The van der Waals surface area contributed by atoms with Crippen LogP contribution in [0.5, 0.6) is 0 Å². The average molecular weight is 281 g/mol. The van der Waals surface area contributed by atoms with E-state index in [1.807, 2.05) is 12.8 Å². The fourth-order valence-corrected chi connectivity index (χ4v) is 1.45. The molecule has 0 radical (unpaired) electrons. The maximum Gasteiger partial charge on any atom is 0.363 e. The van der Waals surface area contributed by atoms with Crippen molar-refractivity contribution in [2.24, 2.45) is 5.92 Å². The van der Waals surface area contributed by atoms with Crippen molar-refractivity contribution in [1.29, 1.82) is 0 Å². The third-order valence-corrected chi connectivity index (χ3v) is 2.40. The van der Waals surface area contributed by atoms with E-state index in [0.717, 1.165) is 12.8 Å². The molecule has 0 aliphatic carbocycles. The minimum atomic E-state index is -3.02. The van der Waals surface area contributed by atoms with E-state index in [1.165, 1.54) is 25.7 Å². The Bertz CT molecular complexity index is 210. The van der Waals surface area contributed by atoms with Crippen LogP contribution in [0.4, 0.5) is 8.78 Å². The fourth-order valence-electron chi connectivity index (χ4n) is 1.33. The predicted molar refractivity (Wildman–Crippen MR) is 64.2 cm³/mol. The third-order valence-electron chi connectivity index (χ3n) is 2.20. The molecule has 0 nitrogen and oxygen atoms in total. The van der Waals surface area contributed by atoms with Gasteiger partial charge in [0, 0.05) is 21.8 Å². The first kappa shape index (κ1) is 14.9. The summed E-state index contributed by atoms with van der Waals surface area (Å²) in [6.07, 6.45) is 6.92. The molecule has 1 unspecified atom stereocenters. The standard InChI is InChI=1S/C12H19BrF2/c1-3-4-5-6-7-8-11(2)9-10-12(13,14)15/h11H,3-8H2,1-2H3. The number of halogens is 3. The van der Waals surface area contributed by atoms with Gasteiger partial charge in [0.2, 0.25) is 0 Å². The first-order chi connectivity index (χ1) is 6.95. The number of alkyl halides is 3. The van der Waals surface area contributed by atoms with Crippen LogP contribution >= 0.6 is 15.9 Å². The van der Waals surface area contributed by atoms with Crippen LogP contribution in [-0.2, 0) is 0 Å². The summed E-state index contributed by atoms with van der Waals surface area (Å²) in [5.74, 6) is 4.54. The third kappa shape index (κ3) is 11.8. The molecule has 0 amide bonds. The first-order valence-corrected chi connectivity index (χ1v) is 6.34. The SMILES string of the molecule is CCCCCCCC(C)C#CC(F)(F)Br. The fraction of sp³-hybridized carbons (Fsp3) is 0.833. The molecule has 3 heteroatoms. The number of rotatable bonds is 6. The minimum Gasteiger partial charge on any atom is -0.180 e. The van der Waals surface area contributed by atoms with E-state index in [-0.39, 0.29) is 5.92 Å². The van der Waals surface area contributed by atoms with Crippen molar-refractivity contribution in [3.05, 3.63) is 0 Å². The molecule has 0 rings (SSSR count). The molecule has 0 spiro atoms. The second kappa shape index (κ2) is 8.10. The highest BCUT2D eigenvalue weighted by molar-refractivity contribution is 9.10. The van der Waals surface area contributed by atoms with Crippen molar-refractivity contribution in [3.63, 3.8) is 0 Å². The highest BCUT2D eigenvalue weighted by atomic mass is 79.9. The van der Waals surface area contributed by atoms with Crippen LogP contribution in [0.2, 0.25) is 0 Å². The molecule has 15 heavy (non-hydrogen) atoms. The molecule has 1 atom stereocenters. The molecule has 0 fully saturated rings. The minimum absolute atomic E-state index is 0.0649. The monoisotopic (exact) mass is 280 g/mol. The molecule has 0 aromatic heterocycles. The molecule has 0 aromatic carbocycles.